The number of carbonyl (C=O) groups is 1. The highest BCUT2D eigenvalue weighted by molar-refractivity contribution is 5.93. The molecule has 0 radical (unpaired) electrons. The van der Waals surface area contributed by atoms with Crippen LogP contribution in [0.25, 0.3) is 0 Å². The average molecular weight is 287 g/mol. The molecule has 0 fully saturated rings. The summed E-state index contributed by atoms with van der Waals surface area (Å²) >= 11 is 0. The fourth-order valence-electron chi connectivity index (χ4n) is 1.72. The zero-order chi connectivity index (χ0) is 15.4. The molecule has 0 bridgehead atoms. The fourth-order valence-corrected chi connectivity index (χ4v) is 1.72. The molecule has 21 heavy (non-hydrogen) atoms. The van der Waals surface area contributed by atoms with Crippen molar-refractivity contribution in [2.45, 2.75) is 0 Å². The van der Waals surface area contributed by atoms with Gasteiger partial charge >= 0.3 is 5.69 Å². The molecule has 7 nitrogen and oxygen atoms in total. The second-order valence-electron chi connectivity index (χ2n) is 4.18. The predicted octanol–water partition coefficient (Wildman–Crippen LogP) is 2.53. The van der Waals surface area contributed by atoms with Crippen molar-refractivity contribution in [1.29, 1.82) is 0 Å². The summed E-state index contributed by atoms with van der Waals surface area (Å²) in [6.07, 6.45) is 0. The summed E-state index contributed by atoms with van der Waals surface area (Å²) in [7, 11) is 1.77. The van der Waals surface area contributed by atoms with Crippen LogP contribution in [0.3, 0.4) is 0 Å². The Kier molecular flexibility index (Phi) is 4.03. The van der Waals surface area contributed by atoms with Crippen LogP contribution in [0.4, 0.5) is 11.4 Å². The lowest BCUT2D eigenvalue weighted by atomic mass is 10.2. The Morgan fingerprint density at radius 2 is 1.90 bits per heavy atom. The summed E-state index contributed by atoms with van der Waals surface area (Å²) < 4.78 is 5.48. The first kappa shape index (κ1) is 14.3. The van der Waals surface area contributed by atoms with Gasteiger partial charge in [0.1, 0.15) is 5.75 Å². The molecule has 0 spiro atoms. The van der Waals surface area contributed by atoms with Gasteiger partial charge in [-0.15, -0.1) is 0 Å². The minimum Gasteiger partial charge on any atom is -0.450 e. The van der Waals surface area contributed by atoms with E-state index in [4.69, 9.17) is 10.5 Å². The third-order valence-corrected chi connectivity index (χ3v) is 2.81. The molecular formula is C14H13N3O4. The molecule has 0 aliphatic rings. The Balaban J connectivity index is 2.37. The second-order valence-corrected chi connectivity index (χ2v) is 4.18. The number of nitro groups is 1. The fraction of sp³-hybridized carbons (Fsp3) is 0.0714. The molecule has 0 aliphatic carbocycles. The zero-order valence-corrected chi connectivity index (χ0v) is 11.2. The van der Waals surface area contributed by atoms with Crippen molar-refractivity contribution in [3.05, 3.63) is 58.1 Å². The first-order valence-electron chi connectivity index (χ1n) is 6.05. The van der Waals surface area contributed by atoms with Crippen molar-refractivity contribution >= 4 is 17.3 Å². The molecule has 0 saturated carbocycles. The van der Waals surface area contributed by atoms with Crippen molar-refractivity contribution in [2.24, 2.45) is 5.73 Å². The SMILES string of the molecule is CNc1ccc(Oc2cc(C(N)=O)ccc2[N+](=O)[O-])cc1. The third kappa shape index (κ3) is 3.27. The Morgan fingerprint density at radius 1 is 1.24 bits per heavy atom. The molecule has 2 aromatic rings. The molecule has 1 amide bonds. The van der Waals surface area contributed by atoms with Crippen LogP contribution in [0.2, 0.25) is 0 Å². The number of nitrogens with one attached hydrogen (secondary N) is 1. The maximum absolute atomic E-state index is 11.2. The number of amides is 1. The van der Waals surface area contributed by atoms with Crippen LogP contribution in [0, 0.1) is 10.1 Å². The second kappa shape index (κ2) is 5.91. The van der Waals surface area contributed by atoms with E-state index in [9.17, 15) is 14.9 Å². The van der Waals surface area contributed by atoms with Crippen LogP contribution in [-0.4, -0.2) is 17.9 Å². The molecule has 0 saturated heterocycles. The number of nitrogens with zero attached hydrogens (tertiary/aromatic N) is 1. The highest BCUT2D eigenvalue weighted by atomic mass is 16.6. The summed E-state index contributed by atoms with van der Waals surface area (Å²) in [4.78, 5) is 21.6. The molecule has 108 valence electrons. The number of benzene rings is 2. The van der Waals surface area contributed by atoms with Crippen molar-refractivity contribution in [2.75, 3.05) is 12.4 Å². The summed E-state index contributed by atoms with van der Waals surface area (Å²) in [5.41, 5.74) is 5.95. The van der Waals surface area contributed by atoms with E-state index in [-0.39, 0.29) is 17.0 Å². The zero-order valence-electron chi connectivity index (χ0n) is 11.2. The van der Waals surface area contributed by atoms with Gasteiger partial charge < -0.3 is 15.8 Å². The number of ether oxygens (including phenoxy) is 1. The number of anilines is 1. The van der Waals surface area contributed by atoms with Gasteiger partial charge in [-0.3, -0.25) is 14.9 Å². The first-order chi connectivity index (χ1) is 10.0. The maximum atomic E-state index is 11.2. The number of nitrogens with two attached hydrogens (primary N) is 1. The topological polar surface area (TPSA) is 107 Å². The molecule has 0 aliphatic heterocycles. The minimum atomic E-state index is -0.680. The largest absolute Gasteiger partial charge is 0.450 e. The normalized spacial score (nSPS) is 9.95. The Morgan fingerprint density at radius 3 is 2.43 bits per heavy atom. The van der Waals surface area contributed by atoms with Crippen LogP contribution in [0.15, 0.2) is 42.5 Å². The van der Waals surface area contributed by atoms with E-state index in [1.807, 2.05) is 0 Å². The van der Waals surface area contributed by atoms with E-state index >= 15 is 0 Å². The van der Waals surface area contributed by atoms with Crippen LogP contribution in [0.1, 0.15) is 10.4 Å². The van der Waals surface area contributed by atoms with Gasteiger partial charge in [0.15, 0.2) is 0 Å². The van der Waals surface area contributed by atoms with E-state index in [1.54, 1.807) is 31.3 Å². The molecule has 2 rings (SSSR count). The van der Waals surface area contributed by atoms with E-state index in [0.717, 1.165) is 5.69 Å². The third-order valence-electron chi connectivity index (χ3n) is 2.81. The summed E-state index contributed by atoms with van der Waals surface area (Å²) in [6, 6.07) is 10.6. The maximum Gasteiger partial charge on any atom is 0.311 e. The molecule has 7 heteroatoms. The highest BCUT2D eigenvalue weighted by Crippen LogP contribution is 2.32. The van der Waals surface area contributed by atoms with E-state index in [1.165, 1.54) is 18.2 Å². The van der Waals surface area contributed by atoms with Crippen LogP contribution < -0.4 is 15.8 Å². The first-order valence-corrected chi connectivity index (χ1v) is 6.05. The summed E-state index contributed by atoms with van der Waals surface area (Å²) in [6.45, 7) is 0. The molecule has 3 N–H and O–H groups in total. The Hall–Kier alpha value is -3.09. The van der Waals surface area contributed by atoms with Gasteiger partial charge in [0.25, 0.3) is 0 Å². The molecule has 0 aromatic heterocycles. The van der Waals surface area contributed by atoms with Gasteiger partial charge in [-0.1, -0.05) is 0 Å². The van der Waals surface area contributed by atoms with Gasteiger partial charge in [0.05, 0.1) is 4.92 Å². The van der Waals surface area contributed by atoms with Gasteiger partial charge in [-0.05, 0) is 30.3 Å². The van der Waals surface area contributed by atoms with Gasteiger partial charge in [0, 0.05) is 30.4 Å². The number of hydrogen-bond acceptors (Lipinski definition) is 5. The number of primary amides is 1. The van der Waals surface area contributed by atoms with Gasteiger partial charge in [0.2, 0.25) is 11.7 Å². The number of nitro benzene ring substituents is 1. The monoisotopic (exact) mass is 287 g/mol. The van der Waals surface area contributed by atoms with Gasteiger partial charge in [-0.25, -0.2) is 0 Å². The predicted molar refractivity (Wildman–Crippen MR) is 77.7 cm³/mol. The van der Waals surface area contributed by atoms with Gasteiger partial charge in [-0.2, -0.15) is 0 Å². The van der Waals surface area contributed by atoms with Crippen LogP contribution in [-0.2, 0) is 0 Å². The molecular weight excluding hydrogens is 274 g/mol. The molecule has 0 unspecified atom stereocenters. The minimum absolute atomic E-state index is 0.0338. The van der Waals surface area contributed by atoms with Crippen molar-refractivity contribution in [3.8, 4) is 11.5 Å². The van der Waals surface area contributed by atoms with Crippen molar-refractivity contribution < 1.29 is 14.5 Å². The smallest absolute Gasteiger partial charge is 0.311 e. The molecule has 0 heterocycles. The highest BCUT2D eigenvalue weighted by Gasteiger charge is 2.18. The summed E-state index contributed by atoms with van der Waals surface area (Å²) in [5.74, 6) is -0.299. The van der Waals surface area contributed by atoms with Crippen LogP contribution >= 0.6 is 0 Å². The Labute approximate surface area is 120 Å². The van der Waals surface area contributed by atoms with E-state index in [2.05, 4.69) is 5.32 Å². The van der Waals surface area contributed by atoms with E-state index < -0.39 is 10.8 Å². The van der Waals surface area contributed by atoms with Crippen molar-refractivity contribution in [3.63, 3.8) is 0 Å². The number of carbonyl (C=O) groups excluding carboxylic acids is 1. The lowest BCUT2D eigenvalue weighted by Crippen LogP contribution is -2.11. The lowest BCUT2D eigenvalue weighted by Gasteiger charge is -2.08. The summed E-state index contributed by atoms with van der Waals surface area (Å²) in [5, 5.41) is 13.9. The molecule has 2 aromatic carbocycles. The number of rotatable bonds is 5. The quantitative estimate of drug-likeness (QED) is 0.649. The molecule has 0 atom stereocenters. The van der Waals surface area contributed by atoms with E-state index in [0.29, 0.717) is 5.75 Å². The lowest BCUT2D eigenvalue weighted by molar-refractivity contribution is -0.385. The van der Waals surface area contributed by atoms with Crippen molar-refractivity contribution in [1.82, 2.24) is 0 Å². The van der Waals surface area contributed by atoms with Crippen LogP contribution in [0.5, 0.6) is 11.5 Å². The Bertz CT molecular complexity index is 683. The number of hydrogen-bond donors (Lipinski definition) is 2. The standard InChI is InChI=1S/C14H13N3O4/c1-16-10-3-5-11(6-4-10)21-13-8-9(14(15)18)2-7-12(13)17(19)20/h2-8,16H,1H3,(H2,15,18). The average Bonchev–Trinajstić information content (AvgIpc) is 2.47.